The smallest absolute Gasteiger partial charge is 0.0735 e. The van der Waals surface area contributed by atoms with Gasteiger partial charge in [-0.05, 0) is 12.1 Å². The Morgan fingerprint density at radius 3 is 1.50 bits per heavy atom. The van der Waals surface area contributed by atoms with E-state index in [4.69, 9.17) is 0 Å². The van der Waals surface area contributed by atoms with E-state index in [9.17, 15) is 0 Å². The lowest BCUT2D eigenvalue weighted by Gasteiger charge is -2.07. The molecule has 0 aliphatic heterocycles. The first-order chi connectivity index (χ1) is 11.9. The van der Waals surface area contributed by atoms with Crippen molar-refractivity contribution < 1.29 is 0 Å². The Bertz CT molecular complexity index is 875. The summed E-state index contributed by atoms with van der Waals surface area (Å²) in [6, 6.07) is 16.1. The van der Waals surface area contributed by atoms with Gasteiger partial charge in [-0.3, -0.25) is 0 Å². The number of nitrogens with zero attached hydrogens (tertiary/aromatic N) is 6. The molecule has 0 amide bonds. The van der Waals surface area contributed by atoms with Crippen LogP contribution in [0.4, 0.5) is 0 Å². The molecule has 0 saturated heterocycles. The first-order valence-corrected chi connectivity index (χ1v) is 7.51. The monoisotopic (exact) mass is 314 g/mol. The molecule has 0 unspecified atom stereocenters. The zero-order chi connectivity index (χ0) is 16.2. The van der Waals surface area contributed by atoms with Crippen molar-refractivity contribution in [2.45, 2.75) is 0 Å². The topological polar surface area (TPSA) is 61.4 Å². The molecule has 2 aromatic carbocycles. The van der Waals surface area contributed by atoms with Crippen molar-refractivity contribution >= 4 is 12.2 Å². The summed E-state index contributed by atoms with van der Waals surface area (Å²) in [7, 11) is 0. The average Bonchev–Trinajstić information content (AvgIpc) is 3.34. The summed E-state index contributed by atoms with van der Waals surface area (Å²) in [5.41, 5.74) is 4.06. The molecule has 0 aliphatic carbocycles. The van der Waals surface area contributed by atoms with Gasteiger partial charge in [0.15, 0.2) is 0 Å². The first kappa shape index (κ1) is 14.1. The summed E-state index contributed by atoms with van der Waals surface area (Å²) in [6.45, 7) is 0. The highest BCUT2D eigenvalue weighted by Crippen LogP contribution is 2.19. The predicted octanol–water partition coefficient (Wildman–Crippen LogP) is 3.02. The van der Waals surface area contributed by atoms with Gasteiger partial charge in [0.25, 0.3) is 0 Å². The van der Waals surface area contributed by atoms with Gasteiger partial charge in [-0.25, -0.2) is 9.36 Å². The number of benzene rings is 2. The molecular formula is C18H14N6. The third kappa shape index (κ3) is 2.72. The quantitative estimate of drug-likeness (QED) is 0.543. The van der Waals surface area contributed by atoms with Gasteiger partial charge in [0.1, 0.15) is 0 Å². The van der Waals surface area contributed by atoms with Gasteiger partial charge in [0.05, 0.1) is 36.2 Å². The maximum atomic E-state index is 4.07. The normalized spacial score (nSPS) is 11.2. The number of rotatable bonds is 4. The highest BCUT2D eigenvalue weighted by atomic mass is 15.4. The van der Waals surface area contributed by atoms with E-state index in [1.165, 1.54) is 0 Å². The molecule has 0 bridgehead atoms. The second-order valence-electron chi connectivity index (χ2n) is 5.15. The Balaban J connectivity index is 1.73. The van der Waals surface area contributed by atoms with E-state index in [1.54, 1.807) is 21.8 Å². The van der Waals surface area contributed by atoms with E-state index >= 15 is 0 Å². The van der Waals surface area contributed by atoms with E-state index in [0.29, 0.717) is 0 Å². The fourth-order valence-corrected chi connectivity index (χ4v) is 2.53. The van der Waals surface area contributed by atoms with Gasteiger partial charge < -0.3 is 0 Å². The molecule has 0 N–H and O–H groups in total. The number of hydrogen-bond acceptors (Lipinski definition) is 4. The standard InChI is InChI=1S/C18H14N6/c1-3-7-17(23-13-11-19-21-23)15(5-1)9-10-16-6-2-4-8-18(16)24-14-12-20-22-24/h1-14H/b10-9+. The number of hydrogen-bond donors (Lipinski definition) is 0. The minimum absolute atomic E-state index is 0.976. The molecule has 2 aromatic heterocycles. The average molecular weight is 314 g/mol. The van der Waals surface area contributed by atoms with Crippen LogP contribution in [0.5, 0.6) is 0 Å². The molecule has 0 fully saturated rings. The second-order valence-corrected chi connectivity index (χ2v) is 5.15. The summed E-state index contributed by atoms with van der Waals surface area (Å²) in [5.74, 6) is 0. The molecule has 116 valence electrons. The van der Waals surface area contributed by atoms with E-state index in [-0.39, 0.29) is 0 Å². The van der Waals surface area contributed by atoms with E-state index in [2.05, 4.69) is 32.8 Å². The lowest BCUT2D eigenvalue weighted by Crippen LogP contribution is -1.98. The van der Waals surface area contributed by atoms with Crippen LogP contribution in [0.2, 0.25) is 0 Å². The van der Waals surface area contributed by atoms with E-state index in [0.717, 1.165) is 22.5 Å². The zero-order valence-electron chi connectivity index (χ0n) is 12.8. The summed E-state index contributed by atoms with van der Waals surface area (Å²) in [5, 5.41) is 15.9. The molecular weight excluding hydrogens is 300 g/mol. The van der Waals surface area contributed by atoms with Gasteiger partial charge >= 0.3 is 0 Å². The SMILES string of the molecule is C(=C\c1ccccc1-n1ccnn1)/c1ccccc1-n1ccnn1. The van der Waals surface area contributed by atoms with E-state index in [1.807, 2.05) is 60.9 Å². The van der Waals surface area contributed by atoms with Crippen LogP contribution in [-0.2, 0) is 0 Å². The van der Waals surface area contributed by atoms with Crippen molar-refractivity contribution in [3.05, 3.63) is 84.4 Å². The Hall–Kier alpha value is -3.54. The molecule has 24 heavy (non-hydrogen) atoms. The van der Waals surface area contributed by atoms with Crippen LogP contribution in [0.1, 0.15) is 11.1 Å². The second kappa shape index (κ2) is 6.29. The van der Waals surface area contributed by atoms with Gasteiger partial charge in [-0.2, -0.15) is 0 Å². The van der Waals surface area contributed by atoms with Crippen LogP contribution >= 0.6 is 0 Å². The van der Waals surface area contributed by atoms with Gasteiger partial charge in [-0.1, -0.05) is 59.0 Å². The van der Waals surface area contributed by atoms with Crippen molar-refractivity contribution in [3.8, 4) is 11.4 Å². The van der Waals surface area contributed by atoms with Crippen LogP contribution in [0, 0.1) is 0 Å². The van der Waals surface area contributed by atoms with Crippen LogP contribution < -0.4 is 0 Å². The number of aromatic nitrogens is 6. The molecule has 0 aliphatic rings. The van der Waals surface area contributed by atoms with Crippen molar-refractivity contribution in [1.29, 1.82) is 0 Å². The Kier molecular flexibility index (Phi) is 3.69. The zero-order valence-corrected chi connectivity index (χ0v) is 12.8. The molecule has 0 radical (unpaired) electrons. The highest BCUT2D eigenvalue weighted by Gasteiger charge is 2.04. The van der Waals surface area contributed by atoms with E-state index < -0.39 is 0 Å². The maximum absolute atomic E-state index is 4.07. The highest BCUT2D eigenvalue weighted by molar-refractivity contribution is 5.76. The Morgan fingerprint density at radius 1 is 0.625 bits per heavy atom. The molecule has 0 saturated carbocycles. The first-order valence-electron chi connectivity index (χ1n) is 7.51. The van der Waals surface area contributed by atoms with Crippen LogP contribution in [0.3, 0.4) is 0 Å². The molecule has 6 nitrogen and oxygen atoms in total. The fourth-order valence-electron chi connectivity index (χ4n) is 2.53. The van der Waals surface area contributed by atoms with Crippen molar-refractivity contribution in [3.63, 3.8) is 0 Å². The summed E-state index contributed by atoms with van der Waals surface area (Å²) in [4.78, 5) is 0. The fraction of sp³-hybridized carbons (Fsp3) is 0. The third-order valence-corrected chi connectivity index (χ3v) is 3.65. The number of para-hydroxylation sites is 2. The summed E-state index contributed by atoms with van der Waals surface area (Å²) in [6.07, 6.45) is 11.1. The predicted molar refractivity (Wildman–Crippen MR) is 91.6 cm³/mol. The minimum Gasteiger partial charge on any atom is -0.220 e. The lowest BCUT2D eigenvalue weighted by molar-refractivity contribution is 0.801. The minimum atomic E-state index is 0.976. The van der Waals surface area contributed by atoms with Crippen molar-refractivity contribution in [1.82, 2.24) is 30.0 Å². The summed E-state index contributed by atoms with van der Waals surface area (Å²) >= 11 is 0. The Morgan fingerprint density at radius 2 is 1.08 bits per heavy atom. The molecule has 4 aromatic rings. The molecule has 4 rings (SSSR count). The van der Waals surface area contributed by atoms with Crippen LogP contribution in [0.25, 0.3) is 23.5 Å². The van der Waals surface area contributed by atoms with Crippen molar-refractivity contribution in [2.75, 3.05) is 0 Å². The molecule has 0 spiro atoms. The van der Waals surface area contributed by atoms with Gasteiger partial charge in [0, 0.05) is 11.1 Å². The molecule has 0 atom stereocenters. The summed E-state index contributed by atoms with van der Waals surface area (Å²) < 4.78 is 3.51. The van der Waals surface area contributed by atoms with Gasteiger partial charge in [0.2, 0.25) is 0 Å². The largest absolute Gasteiger partial charge is 0.220 e. The molecule has 6 heteroatoms. The third-order valence-electron chi connectivity index (χ3n) is 3.65. The van der Waals surface area contributed by atoms with Crippen molar-refractivity contribution in [2.24, 2.45) is 0 Å². The molecule has 2 heterocycles. The van der Waals surface area contributed by atoms with Crippen LogP contribution in [-0.4, -0.2) is 30.0 Å². The van der Waals surface area contributed by atoms with Gasteiger partial charge in [-0.15, -0.1) is 10.2 Å². The van der Waals surface area contributed by atoms with Crippen LogP contribution in [0.15, 0.2) is 73.3 Å². The Labute approximate surface area is 138 Å². The lowest BCUT2D eigenvalue weighted by atomic mass is 10.1. The maximum Gasteiger partial charge on any atom is 0.0735 e.